The normalized spacial score (nSPS) is 10.9. The highest BCUT2D eigenvalue weighted by Gasteiger charge is 2.11. The number of pyridine rings is 2. The molecule has 1 amide bonds. The molecule has 4 rings (SSSR count). The Morgan fingerprint density at radius 1 is 1.14 bits per heavy atom. The van der Waals surface area contributed by atoms with Gasteiger partial charge in [0.15, 0.2) is 0 Å². The first-order valence-corrected chi connectivity index (χ1v) is 11.0. The summed E-state index contributed by atoms with van der Waals surface area (Å²) in [6.07, 6.45) is 6.38. The van der Waals surface area contributed by atoms with Crippen LogP contribution in [-0.4, -0.2) is 48.0 Å². The van der Waals surface area contributed by atoms with Crippen molar-refractivity contribution in [2.24, 2.45) is 0 Å². The number of nitrogens with one attached hydrogen (secondary N) is 2. The van der Waals surface area contributed by atoms with E-state index in [0.29, 0.717) is 29.5 Å². The summed E-state index contributed by atoms with van der Waals surface area (Å²) in [4.78, 5) is 22.8. The maximum atomic E-state index is 13.7. The van der Waals surface area contributed by atoms with Crippen molar-refractivity contribution < 1.29 is 13.9 Å². The zero-order valence-corrected chi connectivity index (χ0v) is 19.6. The second kappa shape index (κ2) is 10.8. The van der Waals surface area contributed by atoms with Crippen LogP contribution in [-0.2, 0) is 4.79 Å². The van der Waals surface area contributed by atoms with Gasteiger partial charge in [0.25, 0.3) is 0 Å². The van der Waals surface area contributed by atoms with Crippen LogP contribution in [0.3, 0.4) is 0 Å². The third kappa shape index (κ3) is 5.99. The van der Waals surface area contributed by atoms with E-state index < -0.39 is 0 Å². The summed E-state index contributed by atoms with van der Waals surface area (Å²) in [5.41, 5.74) is 2.77. The van der Waals surface area contributed by atoms with Gasteiger partial charge >= 0.3 is 0 Å². The zero-order chi connectivity index (χ0) is 24.8. The van der Waals surface area contributed by atoms with E-state index in [0.717, 1.165) is 28.4 Å². The quantitative estimate of drug-likeness (QED) is 0.325. The Morgan fingerprint density at radius 2 is 2.00 bits per heavy atom. The molecule has 0 aliphatic rings. The lowest BCUT2D eigenvalue weighted by atomic mass is 10.0. The third-order valence-corrected chi connectivity index (χ3v) is 5.27. The van der Waals surface area contributed by atoms with Crippen molar-refractivity contribution in [2.75, 3.05) is 37.9 Å². The van der Waals surface area contributed by atoms with Crippen LogP contribution < -0.4 is 15.4 Å². The van der Waals surface area contributed by atoms with Crippen LogP contribution in [0, 0.1) is 5.82 Å². The van der Waals surface area contributed by atoms with Crippen molar-refractivity contribution in [3.8, 4) is 16.9 Å². The number of hydrogen-bond donors (Lipinski definition) is 2. The lowest BCUT2D eigenvalue weighted by Gasteiger charge is -2.16. The fourth-order valence-corrected chi connectivity index (χ4v) is 3.52. The molecule has 2 aromatic heterocycles. The first-order valence-electron chi connectivity index (χ1n) is 11.0. The minimum atomic E-state index is -0.334. The minimum absolute atomic E-state index is 0.306. The molecule has 0 aliphatic heterocycles. The number of ether oxygens (including phenoxy) is 1. The number of fused-ring (bicyclic) bond motifs is 1. The molecule has 2 aromatic carbocycles. The van der Waals surface area contributed by atoms with E-state index in [1.165, 1.54) is 18.2 Å². The molecular weight excluding hydrogens is 445 g/mol. The highest BCUT2D eigenvalue weighted by atomic mass is 19.1. The molecule has 0 unspecified atom stereocenters. The second-order valence-corrected chi connectivity index (χ2v) is 8.17. The summed E-state index contributed by atoms with van der Waals surface area (Å²) < 4.78 is 19.6. The van der Waals surface area contributed by atoms with Crippen LogP contribution in [0.25, 0.3) is 21.9 Å². The van der Waals surface area contributed by atoms with Gasteiger partial charge in [-0.3, -0.25) is 9.78 Å². The standard InChI is InChI=1S/C27H26FN5O2/c1-4-27(34)32-24-14-21(8-9-25(24)35-11-10-33(2)3)31-26-13-19-15-29-16-22(23(19)17-30-26)18-6-5-7-20(28)12-18/h4-9,12-17H,1,10-11H2,2-3H3,(H,30,31)(H,32,34). The molecule has 0 aliphatic carbocycles. The monoisotopic (exact) mass is 471 g/mol. The van der Waals surface area contributed by atoms with E-state index in [1.54, 1.807) is 36.8 Å². The van der Waals surface area contributed by atoms with E-state index >= 15 is 0 Å². The maximum Gasteiger partial charge on any atom is 0.247 e. The number of rotatable bonds is 9. The Bertz CT molecular complexity index is 1370. The van der Waals surface area contributed by atoms with Crippen LogP contribution in [0.4, 0.5) is 21.6 Å². The third-order valence-electron chi connectivity index (χ3n) is 5.27. The summed E-state index contributed by atoms with van der Waals surface area (Å²) >= 11 is 0. The van der Waals surface area contributed by atoms with E-state index in [-0.39, 0.29) is 11.7 Å². The predicted molar refractivity (Wildman–Crippen MR) is 138 cm³/mol. The molecule has 0 saturated carbocycles. The number of halogens is 1. The smallest absolute Gasteiger partial charge is 0.247 e. The van der Waals surface area contributed by atoms with E-state index in [9.17, 15) is 9.18 Å². The number of likely N-dealkylation sites (N-methyl/N-ethyl adjacent to an activating group) is 1. The van der Waals surface area contributed by atoms with E-state index in [1.807, 2.05) is 37.2 Å². The fourth-order valence-electron chi connectivity index (χ4n) is 3.52. The van der Waals surface area contributed by atoms with Gasteiger partial charge < -0.3 is 20.3 Å². The van der Waals surface area contributed by atoms with Crippen molar-refractivity contribution in [3.63, 3.8) is 0 Å². The van der Waals surface area contributed by atoms with Gasteiger partial charge in [0.05, 0.1) is 5.69 Å². The number of carbonyl (C=O) groups excluding carboxylic acids is 1. The Kier molecular flexibility index (Phi) is 7.32. The molecule has 7 nitrogen and oxygen atoms in total. The van der Waals surface area contributed by atoms with Crippen molar-refractivity contribution in [2.45, 2.75) is 0 Å². The molecule has 0 bridgehead atoms. The lowest BCUT2D eigenvalue weighted by Crippen LogP contribution is -2.20. The Hall–Kier alpha value is -4.30. The summed E-state index contributed by atoms with van der Waals surface area (Å²) in [7, 11) is 3.92. The number of hydrogen-bond acceptors (Lipinski definition) is 6. The maximum absolute atomic E-state index is 13.7. The summed E-state index contributed by atoms with van der Waals surface area (Å²) in [6, 6.07) is 13.7. The van der Waals surface area contributed by atoms with Crippen LogP contribution in [0.5, 0.6) is 5.75 Å². The van der Waals surface area contributed by atoms with Gasteiger partial charge in [0.1, 0.15) is 24.0 Å². The Balaban J connectivity index is 1.60. The van der Waals surface area contributed by atoms with Gasteiger partial charge in [-0.05, 0) is 62.1 Å². The molecule has 0 spiro atoms. The number of nitrogens with zero attached hydrogens (tertiary/aromatic N) is 3. The predicted octanol–water partition coefficient (Wildman–Crippen LogP) is 5.24. The number of benzene rings is 2. The topological polar surface area (TPSA) is 79.4 Å². The molecule has 2 N–H and O–H groups in total. The molecular formula is C27H26FN5O2. The highest BCUT2D eigenvalue weighted by Crippen LogP contribution is 2.32. The van der Waals surface area contributed by atoms with Crippen molar-refractivity contribution in [3.05, 3.63) is 85.6 Å². The van der Waals surface area contributed by atoms with E-state index in [2.05, 4.69) is 27.2 Å². The first-order chi connectivity index (χ1) is 16.9. The molecule has 4 aromatic rings. The summed E-state index contributed by atoms with van der Waals surface area (Å²) in [5, 5.41) is 7.76. The molecule has 8 heteroatoms. The molecule has 178 valence electrons. The Morgan fingerprint density at radius 3 is 2.77 bits per heavy atom. The lowest BCUT2D eigenvalue weighted by molar-refractivity contribution is -0.111. The summed E-state index contributed by atoms with van der Waals surface area (Å²) in [5.74, 6) is 0.514. The Labute approximate surface area is 203 Å². The van der Waals surface area contributed by atoms with Crippen molar-refractivity contribution in [1.82, 2.24) is 14.9 Å². The zero-order valence-electron chi connectivity index (χ0n) is 19.6. The summed E-state index contributed by atoms with van der Waals surface area (Å²) in [6.45, 7) is 4.73. The average Bonchev–Trinajstić information content (AvgIpc) is 2.84. The molecule has 0 radical (unpaired) electrons. The largest absolute Gasteiger partial charge is 0.490 e. The van der Waals surface area contributed by atoms with Gasteiger partial charge in [-0.1, -0.05) is 18.7 Å². The van der Waals surface area contributed by atoms with Crippen LogP contribution in [0.2, 0.25) is 0 Å². The van der Waals surface area contributed by atoms with Gasteiger partial charge in [0.2, 0.25) is 5.91 Å². The first kappa shape index (κ1) is 23.8. The van der Waals surface area contributed by atoms with Gasteiger partial charge in [-0.2, -0.15) is 0 Å². The molecule has 0 fully saturated rings. The van der Waals surface area contributed by atoms with Gasteiger partial charge in [-0.15, -0.1) is 0 Å². The van der Waals surface area contributed by atoms with Crippen LogP contribution >= 0.6 is 0 Å². The second-order valence-electron chi connectivity index (χ2n) is 8.17. The molecule has 0 saturated heterocycles. The highest BCUT2D eigenvalue weighted by molar-refractivity contribution is 6.00. The van der Waals surface area contributed by atoms with E-state index in [4.69, 9.17) is 4.74 Å². The van der Waals surface area contributed by atoms with Gasteiger partial charge in [-0.25, -0.2) is 9.37 Å². The minimum Gasteiger partial charge on any atom is -0.490 e. The van der Waals surface area contributed by atoms with Crippen molar-refractivity contribution in [1.29, 1.82) is 0 Å². The average molecular weight is 472 g/mol. The SMILES string of the molecule is C=CC(=O)Nc1cc(Nc2cc3cncc(-c4cccc(F)c4)c3cn2)ccc1OCCN(C)C. The fraction of sp³-hybridized carbons (Fsp3) is 0.148. The van der Waals surface area contributed by atoms with Crippen molar-refractivity contribution >= 4 is 33.9 Å². The van der Waals surface area contributed by atoms with Gasteiger partial charge in [0, 0.05) is 47.2 Å². The number of carbonyl (C=O) groups is 1. The van der Waals surface area contributed by atoms with Crippen LogP contribution in [0.1, 0.15) is 0 Å². The number of aromatic nitrogens is 2. The number of anilines is 3. The molecule has 2 heterocycles. The molecule has 35 heavy (non-hydrogen) atoms. The van der Waals surface area contributed by atoms with Crippen LogP contribution in [0.15, 0.2) is 79.8 Å². The molecule has 0 atom stereocenters. The number of amides is 1.